The molecule has 0 aliphatic carbocycles. The zero-order valence-electron chi connectivity index (χ0n) is 14.8. The van der Waals surface area contributed by atoms with Crippen molar-refractivity contribution in [2.45, 2.75) is 25.4 Å². The van der Waals surface area contributed by atoms with Gasteiger partial charge in [-0.3, -0.25) is 0 Å². The van der Waals surface area contributed by atoms with Crippen LogP contribution in [0.15, 0.2) is 30.3 Å². The van der Waals surface area contributed by atoms with E-state index >= 15 is 0 Å². The molecule has 0 bridgehead atoms. The summed E-state index contributed by atoms with van der Waals surface area (Å²) >= 11 is 0. The van der Waals surface area contributed by atoms with Crippen LogP contribution in [0, 0.1) is 5.92 Å². The van der Waals surface area contributed by atoms with Gasteiger partial charge in [0, 0.05) is 31.0 Å². The minimum Gasteiger partial charge on any atom is -0.497 e. The fourth-order valence-corrected chi connectivity index (χ4v) is 3.63. The summed E-state index contributed by atoms with van der Waals surface area (Å²) in [4.78, 5) is 7.18. The lowest BCUT2D eigenvalue weighted by atomic mass is 10.1. The molecule has 2 saturated heterocycles. The number of pyridine rings is 1. The Morgan fingerprint density at radius 1 is 1.16 bits per heavy atom. The molecule has 2 aliphatic rings. The molecule has 0 amide bonds. The van der Waals surface area contributed by atoms with Crippen molar-refractivity contribution in [3.8, 4) is 5.75 Å². The van der Waals surface area contributed by atoms with Crippen molar-refractivity contribution >= 4 is 16.7 Å². The summed E-state index contributed by atoms with van der Waals surface area (Å²) in [5.41, 5.74) is 1.01. The molecule has 1 aromatic heterocycles. The van der Waals surface area contributed by atoms with E-state index in [1.54, 1.807) is 7.11 Å². The van der Waals surface area contributed by atoms with Gasteiger partial charge in [-0.15, -0.1) is 0 Å². The number of fused-ring (bicyclic) bond motifs is 1. The first kappa shape index (κ1) is 16.6. The van der Waals surface area contributed by atoms with Crippen molar-refractivity contribution in [3.05, 3.63) is 30.3 Å². The monoisotopic (exact) mass is 342 g/mol. The number of rotatable bonds is 5. The maximum absolute atomic E-state index is 6.11. The maximum Gasteiger partial charge on any atom is 0.129 e. The third kappa shape index (κ3) is 3.88. The summed E-state index contributed by atoms with van der Waals surface area (Å²) in [5, 5.41) is 1.11. The van der Waals surface area contributed by atoms with Crippen LogP contribution in [0.5, 0.6) is 5.75 Å². The zero-order chi connectivity index (χ0) is 17.1. The summed E-state index contributed by atoms with van der Waals surface area (Å²) in [6, 6.07) is 10.3. The minimum absolute atomic E-state index is 0.376. The molecule has 0 N–H and O–H groups in total. The Bertz CT molecular complexity index is 707. The number of benzene rings is 1. The Morgan fingerprint density at radius 3 is 2.80 bits per heavy atom. The average molecular weight is 342 g/mol. The molecule has 1 unspecified atom stereocenters. The second-order valence-corrected chi connectivity index (χ2v) is 6.98. The highest BCUT2D eigenvalue weighted by Gasteiger charge is 2.23. The van der Waals surface area contributed by atoms with Gasteiger partial charge >= 0.3 is 0 Å². The Labute approximate surface area is 148 Å². The summed E-state index contributed by atoms with van der Waals surface area (Å²) < 4.78 is 16.8. The van der Waals surface area contributed by atoms with Crippen molar-refractivity contribution in [2.24, 2.45) is 5.92 Å². The van der Waals surface area contributed by atoms with E-state index in [4.69, 9.17) is 19.2 Å². The second kappa shape index (κ2) is 7.58. The minimum atomic E-state index is 0.376. The number of anilines is 1. The number of aromatic nitrogens is 1. The van der Waals surface area contributed by atoms with Crippen LogP contribution in [0.3, 0.4) is 0 Å². The van der Waals surface area contributed by atoms with E-state index in [1.807, 2.05) is 18.2 Å². The van der Waals surface area contributed by atoms with E-state index in [2.05, 4.69) is 17.0 Å². The Kier molecular flexibility index (Phi) is 5.04. The van der Waals surface area contributed by atoms with Gasteiger partial charge < -0.3 is 19.1 Å². The smallest absolute Gasteiger partial charge is 0.129 e. The van der Waals surface area contributed by atoms with Crippen LogP contribution in [0.1, 0.15) is 19.3 Å². The van der Waals surface area contributed by atoms with Crippen molar-refractivity contribution in [1.29, 1.82) is 0 Å². The molecule has 2 aromatic rings. The van der Waals surface area contributed by atoms with Crippen LogP contribution in [0.25, 0.3) is 10.9 Å². The third-order valence-electron chi connectivity index (χ3n) is 5.24. The van der Waals surface area contributed by atoms with Gasteiger partial charge in [-0.2, -0.15) is 0 Å². The van der Waals surface area contributed by atoms with E-state index < -0.39 is 0 Å². The highest BCUT2D eigenvalue weighted by Crippen LogP contribution is 2.25. The predicted octanol–water partition coefficient (Wildman–Crippen LogP) is 3.27. The van der Waals surface area contributed by atoms with Gasteiger partial charge in [0.15, 0.2) is 0 Å². The van der Waals surface area contributed by atoms with Crippen LogP contribution in [0.2, 0.25) is 0 Å². The second-order valence-electron chi connectivity index (χ2n) is 6.98. The molecular weight excluding hydrogens is 316 g/mol. The lowest BCUT2D eigenvalue weighted by Crippen LogP contribution is -2.38. The molecule has 2 fully saturated rings. The molecular formula is C20H26N2O3. The molecule has 134 valence electrons. The molecule has 25 heavy (non-hydrogen) atoms. The predicted molar refractivity (Wildman–Crippen MR) is 98.4 cm³/mol. The van der Waals surface area contributed by atoms with E-state index in [-0.39, 0.29) is 0 Å². The van der Waals surface area contributed by atoms with Gasteiger partial charge in [0.1, 0.15) is 11.6 Å². The average Bonchev–Trinajstić information content (AvgIpc) is 3.19. The van der Waals surface area contributed by atoms with Crippen LogP contribution < -0.4 is 9.64 Å². The van der Waals surface area contributed by atoms with Gasteiger partial charge in [-0.05, 0) is 49.6 Å². The Hall–Kier alpha value is -1.85. The van der Waals surface area contributed by atoms with Gasteiger partial charge in [0.05, 0.1) is 31.9 Å². The standard InChI is InChI=1S/C20H26N2O3/c1-23-18-3-4-19-16(12-18)2-5-20(21-19)22-9-6-17(7-10-22)25-14-15-8-11-24-13-15/h2-5,12,15,17H,6-11,13-14H2,1H3. The van der Waals surface area contributed by atoms with Crippen molar-refractivity contribution < 1.29 is 14.2 Å². The lowest BCUT2D eigenvalue weighted by Gasteiger charge is -2.33. The molecule has 3 heterocycles. The molecule has 5 nitrogen and oxygen atoms in total. The maximum atomic E-state index is 6.11. The Balaban J connectivity index is 1.34. The number of ether oxygens (including phenoxy) is 3. The van der Waals surface area contributed by atoms with Gasteiger partial charge in [0.25, 0.3) is 0 Å². The molecule has 0 spiro atoms. The van der Waals surface area contributed by atoms with Crippen LogP contribution in [-0.4, -0.2) is 51.1 Å². The van der Waals surface area contributed by atoms with Gasteiger partial charge in [-0.25, -0.2) is 4.98 Å². The Morgan fingerprint density at radius 2 is 2.04 bits per heavy atom. The largest absolute Gasteiger partial charge is 0.497 e. The third-order valence-corrected chi connectivity index (χ3v) is 5.24. The molecule has 2 aliphatic heterocycles. The van der Waals surface area contributed by atoms with Gasteiger partial charge in [-0.1, -0.05) is 0 Å². The number of methoxy groups -OCH3 is 1. The van der Waals surface area contributed by atoms with Gasteiger partial charge in [0.2, 0.25) is 0 Å². The fraction of sp³-hybridized carbons (Fsp3) is 0.550. The molecule has 0 saturated carbocycles. The van der Waals surface area contributed by atoms with Crippen LogP contribution in [0.4, 0.5) is 5.82 Å². The molecule has 1 atom stereocenters. The summed E-state index contributed by atoms with van der Waals surface area (Å²) in [6.07, 6.45) is 3.65. The van der Waals surface area contributed by atoms with E-state index in [9.17, 15) is 0 Å². The highest BCUT2D eigenvalue weighted by atomic mass is 16.5. The van der Waals surface area contributed by atoms with Crippen molar-refractivity contribution in [1.82, 2.24) is 4.98 Å². The summed E-state index contributed by atoms with van der Waals surface area (Å²) in [5.74, 6) is 2.52. The molecule has 1 aromatic carbocycles. The molecule has 5 heteroatoms. The summed E-state index contributed by atoms with van der Waals surface area (Å²) in [6.45, 7) is 4.61. The number of nitrogens with zero attached hydrogens (tertiary/aromatic N) is 2. The SMILES string of the molecule is COc1ccc2nc(N3CCC(OCC4CCOC4)CC3)ccc2c1. The first-order valence-corrected chi connectivity index (χ1v) is 9.21. The fourth-order valence-electron chi connectivity index (χ4n) is 3.63. The summed E-state index contributed by atoms with van der Waals surface area (Å²) in [7, 11) is 1.69. The first-order valence-electron chi connectivity index (χ1n) is 9.21. The topological polar surface area (TPSA) is 43.8 Å². The highest BCUT2D eigenvalue weighted by molar-refractivity contribution is 5.81. The quantitative estimate of drug-likeness (QED) is 0.834. The van der Waals surface area contributed by atoms with Crippen molar-refractivity contribution in [2.75, 3.05) is 44.9 Å². The number of piperidine rings is 1. The zero-order valence-corrected chi connectivity index (χ0v) is 14.8. The number of hydrogen-bond acceptors (Lipinski definition) is 5. The van der Waals surface area contributed by atoms with E-state index in [0.29, 0.717) is 12.0 Å². The van der Waals surface area contributed by atoms with Crippen molar-refractivity contribution in [3.63, 3.8) is 0 Å². The number of hydrogen-bond donors (Lipinski definition) is 0. The lowest BCUT2D eigenvalue weighted by molar-refractivity contribution is 0.0131. The molecule has 0 radical (unpaired) electrons. The van der Waals surface area contributed by atoms with Crippen LogP contribution >= 0.6 is 0 Å². The molecule has 4 rings (SSSR count). The first-order chi connectivity index (χ1) is 12.3. The van der Waals surface area contributed by atoms with Crippen LogP contribution in [-0.2, 0) is 9.47 Å². The normalized spacial score (nSPS) is 21.8. The van der Waals surface area contributed by atoms with E-state index in [1.165, 1.54) is 0 Å². The van der Waals surface area contributed by atoms with E-state index in [0.717, 1.165) is 74.6 Å².